The zero-order valence-electron chi connectivity index (χ0n) is 11.3. The van der Waals surface area contributed by atoms with Crippen molar-refractivity contribution in [2.75, 3.05) is 5.32 Å². The molecule has 1 aliphatic carbocycles. The van der Waals surface area contributed by atoms with E-state index in [9.17, 15) is 4.79 Å². The lowest BCUT2D eigenvalue weighted by Gasteiger charge is -2.27. The van der Waals surface area contributed by atoms with Crippen molar-refractivity contribution < 1.29 is 4.79 Å². The predicted molar refractivity (Wildman–Crippen MR) is 82.8 cm³/mol. The van der Waals surface area contributed by atoms with Gasteiger partial charge in [-0.3, -0.25) is 4.79 Å². The Balaban J connectivity index is 1.63. The number of nitrogens with zero attached hydrogens (tertiary/aromatic N) is 1. The third kappa shape index (κ3) is 2.99. The Hall–Kier alpha value is -1.46. The molecule has 1 aliphatic rings. The molecule has 0 bridgehead atoms. The number of para-hydroxylation sites is 1. The molecule has 1 saturated carbocycles. The first-order chi connectivity index (χ1) is 9.72. The molecule has 3 rings (SSSR count). The molecule has 4 nitrogen and oxygen atoms in total. The van der Waals surface area contributed by atoms with Crippen LogP contribution in [0.5, 0.6) is 0 Å². The SMILES string of the molecule is NC1CCCCC1CC(=O)Nc1nc2ccccc2s1. The van der Waals surface area contributed by atoms with E-state index in [0.717, 1.165) is 23.1 Å². The van der Waals surface area contributed by atoms with Gasteiger partial charge in [-0.05, 0) is 30.9 Å². The fraction of sp³-hybridized carbons (Fsp3) is 0.467. The van der Waals surface area contributed by atoms with Crippen molar-refractivity contribution in [3.63, 3.8) is 0 Å². The number of fused-ring (bicyclic) bond motifs is 1. The number of amides is 1. The van der Waals surface area contributed by atoms with E-state index in [2.05, 4.69) is 10.3 Å². The highest BCUT2D eigenvalue weighted by atomic mass is 32.1. The van der Waals surface area contributed by atoms with Crippen LogP contribution in [0.25, 0.3) is 10.2 Å². The molecular formula is C15H19N3OS. The summed E-state index contributed by atoms with van der Waals surface area (Å²) in [6, 6.07) is 8.07. The second kappa shape index (κ2) is 5.89. The third-order valence-corrected chi connectivity index (χ3v) is 4.91. The molecule has 0 saturated heterocycles. The molecule has 0 radical (unpaired) electrons. The average Bonchev–Trinajstić information content (AvgIpc) is 2.83. The minimum Gasteiger partial charge on any atom is -0.327 e. The largest absolute Gasteiger partial charge is 0.327 e. The lowest BCUT2D eigenvalue weighted by atomic mass is 9.83. The van der Waals surface area contributed by atoms with Gasteiger partial charge in [-0.2, -0.15) is 0 Å². The Bertz CT molecular complexity index is 577. The summed E-state index contributed by atoms with van der Waals surface area (Å²) in [6.45, 7) is 0. The number of nitrogens with two attached hydrogens (primary N) is 1. The fourth-order valence-electron chi connectivity index (χ4n) is 2.82. The first-order valence-electron chi connectivity index (χ1n) is 7.13. The predicted octanol–water partition coefficient (Wildman–Crippen LogP) is 3.14. The number of anilines is 1. The minimum absolute atomic E-state index is 0.0337. The average molecular weight is 289 g/mol. The zero-order valence-corrected chi connectivity index (χ0v) is 12.2. The molecule has 0 aliphatic heterocycles. The first kappa shape index (κ1) is 13.5. The van der Waals surface area contributed by atoms with E-state index in [1.165, 1.54) is 24.2 Å². The third-order valence-electron chi connectivity index (χ3n) is 3.96. The van der Waals surface area contributed by atoms with Gasteiger partial charge in [0.2, 0.25) is 5.91 Å². The van der Waals surface area contributed by atoms with Gasteiger partial charge in [-0.15, -0.1) is 0 Å². The number of benzene rings is 1. The van der Waals surface area contributed by atoms with Crippen molar-refractivity contribution in [3.8, 4) is 0 Å². The van der Waals surface area contributed by atoms with Gasteiger partial charge in [-0.25, -0.2) is 4.98 Å². The van der Waals surface area contributed by atoms with E-state index in [1.807, 2.05) is 24.3 Å². The van der Waals surface area contributed by atoms with Crippen LogP contribution in [0.2, 0.25) is 0 Å². The summed E-state index contributed by atoms with van der Waals surface area (Å²) in [7, 11) is 0. The highest BCUT2D eigenvalue weighted by Crippen LogP contribution is 2.28. The van der Waals surface area contributed by atoms with Crippen LogP contribution in [0, 0.1) is 5.92 Å². The molecule has 106 valence electrons. The molecule has 0 spiro atoms. The summed E-state index contributed by atoms with van der Waals surface area (Å²) < 4.78 is 1.09. The fourth-order valence-corrected chi connectivity index (χ4v) is 3.71. The summed E-state index contributed by atoms with van der Waals surface area (Å²) in [4.78, 5) is 16.5. The maximum Gasteiger partial charge on any atom is 0.226 e. The Morgan fingerprint density at radius 1 is 1.35 bits per heavy atom. The van der Waals surface area contributed by atoms with E-state index in [-0.39, 0.29) is 11.9 Å². The van der Waals surface area contributed by atoms with Gasteiger partial charge in [0.25, 0.3) is 0 Å². The van der Waals surface area contributed by atoms with E-state index in [0.29, 0.717) is 17.5 Å². The zero-order chi connectivity index (χ0) is 13.9. The molecule has 5 heteroatoms. The maximum atomic E-state index is 12.1. The number of carbonyl (C=O) groups is 1. The molecule has 20 heavy (non-hydrogen) atoms. The summed E-state index contributed by atoms with van der Waals surface area (Å²) in [5, 5.41) is 3.59. The molecule has 2 aromatic rings. The Morgan fingerprint density at radius 2 is 2.15 bits per heavy atom. The van der Waals surface area contributed by atoms with Crippen LogP contribution in [0.15, 0.2) is 24.3 Å². The van der Waals surface area contributed by atoms with E-state index >= 15 is 0 Å². The van der Waals surface area contributed by atoms with Crippen LogP contribution >= 0.6 is 11.3 Å². The van der Waals surface area contributed by atoms with Crippen LogP contribution in [0.4, 0.5) is 5.13 Å². The van der Waals surface area contributed by atoms with Gasteiger partial charge in [0, 0.05) is 12.5 Å². The highest BCUT2D eigenvalue weighted by molar-refractivity contribution is 7.22. The maximum absolute atomic E-state index is 12.1. The van der Waals surface area contributed by atoms with E-state index in [4.69, 9.17) is 5.73 Å². The second-order valence-corrected chi connectivity index (χ2v) is 6.48. The Kier molecular flexibility index (Phi) is 3.98. The number of nitrogens with one attached hydrogen (secondary N) is 1. The van der Waals surface area contributed by atoms with Crippen LogP contribution in [-0.4, -0.2) is 16.9 Å². The van der Waals surface area contributed by atoms with Crippen molar-refractivity contribution >= 4 is 32.6 Å². The Labute approximate surface area is 122 Å². The summed E-state index contributed by atoms with van der Waals surface area (Å²) >= 11 is 1.51. The van der Waals surface area contributed by atoms with E-state index < -0.39 is 0 Å². The lowest BCUT2D eigenvalue weighted by molar-refractivity contribution is -0.117. The lowest BCUT2D eigenvalue weighted by Crippen LogP contribution is -2.35. The molecule has 1 aromatic heterocycles. The van der Waals surface area contributed by atoms with Crippen molar-refractivity contribution in [2.45, 2.75) is 38.1 Å². The van der Waals surface area contributed by atoms with Gasteiger partial charge < -0.3 is 11.1 Å². The summed E-state index contributed by atoms with van der Waals surface area (Å²) in [5.41, 5.74) is 7.02. The number of thiazole rings is 1. The normalized spacial score (nSPS) is 22.9. The van der Waals surface area contributed by atoms with Crippen molar-refractivity contribution in [1.82, 2.24) is 4.98 Å². The molecular weight excluding hydrogens is 270 g/mol. The standard InChI is InChI=1S/C15H19N3OS/c16-11-6-2-1-5-10(11)9-14(19)18-15-17-12-7-3-4-8-13(12)20-15/h3-4,7-8,10-11H,1-2,5-6,9,16H2,(H,17,18,19). The highest BCUT2D eigenvalue weighted by Gasteiger charge is 2.24. The number of rotatable bonds is 3. The van der Waals surface area contributed by atoms with Crippen molar-refractivity contribution in [1.29, 1.82) is 0 Å². The number of hydrogen-bond donors (Lipinski definition) is 2. The van der Waals surface area contributed by atoms with Crippen LogP contribution < -0.4 is 11.1 Å². The van der Waals surface area contributed by atoms with Crippen LogP contribution in [0.1, 0.15) is 32.1 Å². The molecule has 2 atom stereocenters. The topological polar surface area (TPSA) is 68.0 Å². The molecule has 1 aromatic carbocycles. The van der Waals surface area contributed by atoms with Crippen molar-refractivity contribution in [2.24, 2.45) is 11.7 Å². The van der Waals surface area contributed by atoms with Gasteiger partial charge in [0.05, 0.1) is 10.2 Å². The summed E-state index contributed by atoms with van der Waals surface area (Å²) in [5.74, 6) is 0.351. The monoisotopic (exact) mass is 289 g/mol. The molecule has 2 unspecified atom stereocenters. The first-order valence-corrected chi connectivity index (χ1v) is 7.95. The van der Waals surface area contributed by atoms with Crippen molar-refractivity contribution in [3.05, 3.63) is 24.3 Å². The second-order valence-electron chi connectivity index (χ2n) is 5.45. The Morgan fingerprint density at radius 3 is 2.95 bits per heavy atom. The molecule has 1 heterocycles. The van der Waals surface area contributed by atoms with Gasteiger partial charge in [0.15, 0.2) is 5.13 Å². The number of carbonyl (C=O) groups excluding carboxylic acids is 1. The number of hydrogen-bond acceptors (Lipinski definition) is 4. The van der Waals surface area contributed by atoms with Crippen LogP contribution in [0.3, 0.4) is 0 Å². The molecule has 3 N–H and O–H groups in total. The molecule has 1 fully saturated rings. The van der Waals surface area contributed by atoms with Gasteiger partial charge >= 0.3 is 0 Å². The molecule has 1 amide bonds. The summed E-state index contributed by atoms with van der Waals surface area (Å²) in [6.07, 6.45) is 4.99. The van der Waals surface area contributed by atoms with E-state index in [1.54, 1.807) is 0 Å². The quantitative estimate of drug-likeness (QED) is 0.912. The van der Waals surface area contributed by atoms with Gasteiger partial charge in [0.1, 0.15) is 0 Å². The van der Waals surface area contributed by atoms with Gasteiger partial charge in [-0.1, -0.05) is 36.3 Å². The smallest absolute Gasteiger partial charge is 0.226 e. The number of aromatic nitrogens is 1. The van der Waals surface area contributed by atoms with Crippen LogP contribution in [-0.2, 0) is 4.79 Å². The minimum atomic E-state index is 0.0337.